The van der Waals surface area contributed by atoms with Crippen LogP contribution < -0.4 is 5.32 Å². The van der Waals surface area contributed by atoms with Crippen LogP contribution in [0.3, 0.4) is 0 Å². The molecule has 3 atom stereocenters. The Balaban J connectivity index is 1.67. The fraction of sp³-hybridized carbons (Fsp3) is 0.833. The molecule has 0 aromatic heterocycles. The van der Waals surface area contributed by atoms with E-state index in [9.17, 15) is 9.59 Å². The van der Waals surface area contributed by atoms with Crippen LogP contribution >= 0.6 is 0 Å². The third kappa shape index (κ3) is 2.36. The van der Waals surface area contributed by atoms with Gasteiger partial charge in [-0.2, -0.15) is 0 Å². The molecule has 3 unspecified atom stereocenters. The molecule has 2 N–H and O–H groups in total. The molecule has 2 saturated carbocycles. The van der Waals surface area contributed by atoms with Gasteiger partial charge in [-0.1, -0.05) is 13.3 Å². The summed E-state index contributed by atoms with van der Waals surface area (Å²) in [7, 11) is 0. The zero-order valence-electron chi connectivity index (χ0n) is 9.61. The summed E-state index contributed by atoms with van der Waals surface area (Å²) < 4.78 is 0. The second-order valence-corrected chi connectivity index (χ2v) is 5.23. The fourth-order valence-corrected chi connectivity index (χ4v) is 2.97. The van der Waals surface area contributed by atoms with Crippen molar-refractivity contribution in [2.24, 2.45) is 23.7 Å². The lowest BCUT2D eigenvalue weighted by molar-refractivity contribution is -0.138. The predicted octanol–water partition coefficient (Wildman–Crippen LogP) is 1.26. The van der Waals surface area contributed by atoms with E-state index in [0.29, 0.717) is 18.4 Å². The van der Waals surface area contributed by atoms with Gasteiger partial charge in [0.1, 0.15) is 0 Å². The maximum Gasteiger partial charge on any atom is 0.303 e. The Kier molecular flexibility index (Phi) is 3.17. The molecule has 1 amide bonds. The summed E-state index contributed by atoms with van der Waals surface area (Å²) in [5.41, 5.74) is 0. The minimum Gasteiger partial charge on any atom is -0.481 e. The lowest BCUT2D eigenvalue weighted by Crippen LogP contribution is -2.31. The second kappa shape index (κ2) is 4.44. The molecule has 2 fully saturated rings. The quantitative estimate of drug-likeness (QED) is 0.740. The van der Waals surface area contributed by atoms with Crippen molar-refractivity contribution in [3.05, 3.63) is 0 Å². The molecule has 16 heavy (non-hydrogen) atoms. The van der Waals surface area contributed by atoms with Gasteiger partial charge in [0.15, 0.2) is 0 Å². The standard InChI is InChI=1S/C12H19NO3/c1-7(5-10(14)15)6-13-12(16)11-8-3-2-4-9(8)11/h7-9,11H,2-6H2,1H3,(H,13,16)(H,14,15). The van der Waals surface area contributed by atoms with Gasteiger partial charge in [0.05, 0.1) is 0 Å². The molecule has 0 radical (unpaired) electrons. The van der Waals surface area contributed by atoms with Crippen molar-refractivity contribution in [2.75, 3.05) is 6.54 Å². The van der Waals surface area contributed by atoms with E-state index in [1.165, 1.54) is 19.3 Å². The Labute approximate surface area is 95.4 Å². The van der Waals surface area contributed by atoms with Crippen LogP contribution in [-0.4, -0.2) is 23.5 Å². The third-order valence-corrected chi connectivity index (χ3v) is 3.86. The number of carboxylic acid groups (broad SMARTS) is 1. The maximum absolute atomic E-state index is 11.8. The highest BCUT2D eigenvalue weighted by Crippen LogP contribution is 2.57. The Morgan fingerprint density at radius 3 is 2.56 bits per heavy atom. The first-order valence-corrected chi connectivity index (χ1v) is 6.09. The first-order chi connectivity index (χ1) is 7.59. The molecule has 0 aliphatic heterocycles. The lowest BCUT2D eigenvalue weighted by atomic mass is 10.1. The van der Waals surface area contributed by atoms with Gasteiger partial charge in [-0.05, 0) is 30.6 Å². The molecule has 2 aliphatic rings. The predicted molar refractivity (Wildman–Crippen MR) is 58.7 cm³/mol. The Morgan fingerprint density at radius 1 is 1.38 bits per heavy atom. The number of carboxylic acids is 1. The van der Waals surface area contributed by atoms with Crippen LogP contribution in [0.4, 0.5) is 0 Å². The van der Waals surface area contributed by atoms with E-state index in [2.05, 4.69) is 5.32 Å². The Morgan fingerprint density at radius 2 is 2.00 bits per heavy atom. The second-order valence-electron chi connectivity index (χ2n) is 5.23. The number of hydrogen-bond acceptors (Lipinski definition) is 2. The third-order valence-electron chi connectivity index (χ3n) is 3.86. The Bertz CT molecular complexity index is 293. The summed E-state index contributed by atoms with van der Waals surface area (Å²) in [6.45, 7) is 2.34. The van der Waals surface area contributed by atoms with Gasteiger partial charge in [0.2, 0.25) is 5.91 Å². The monoisotopic (exact) mass is 225 g/mol. The molecule has 90 valence electrons. The summed E-state index contributed by atoms with van der Waals surface area (Å²) in [5, 5.41) is 11.5. The normalized spacial score (nSPS) is 32.9. The summed E-state index contributed by atoms with van der Waals surface area (Å²) >= 11 is 0. The molecule has 0 aromatic carbocycles. The smallest absolute Gasteiger partial charge is 0.303 e. The average molecular weight is 225 g/mol. The number of hydrogen-bond donors (Lipinski definition) is 2. The van der Waals surface area contributed by atoms with Gasteiger partial charge in [0.25, 0.3) is 0 Å². The van der Waals surface area contributed by atoms with E-state index >= 15 is 0 Å². The molecule has 2 aliphatic carbocycles. The topological polar surface area (TPSA) is 66.4 Å². The van der Waals surface area contributed by atoms with Crippen molar-refractivity contribution in [1.82, 2.24) is 5.32 Å². The lowest BCUT2D eigenvalue weighted by Gasteiger charge is -2.11. The van der Waals surface area contributed by atoms with Gasteiger partial charge in [-0.3, -0.25) is 9.59 Å². The first-order valence-electron chi connectivity index (χ1n) is 6.09. The van der Waals surface area contributed by atoms with Crippen molar-refractivity contribution in [3.8, 4) is 0 Å². The first kappa shape index (κ1) is 11.4. The van der Waals surface area contributed by atoms with E-state index in [0.717, 1.165) is 0 Å². The van der Waals surface area contributed by atoms with Crippen LogP contribution in [0, 0.1) is 23.7 Å². The van der Waals surface area contributed by atoms with E-state index < -0.39 is 5.97 Å². The van der Waals surface area contributed by atoms with Crippen LogP contribution in [0.15, 0.2) is 0 Å². The molecule has 0 saturated heterocycles. The van der Waals surface area contributed by atoms with E-state index in [4.69, 9.17) is 5.11 Å². The van der Waals surface area contributed by atoms with Gasteiger partial charge >= 0.3 is 5.97 Å². The summed E-state index contributed by atoms with van der Waals surface area (Å²) in [5.74, 6) is 0.868. The minimum absolute atomic E-state index is 0.0139. The van der Waals surface area contributed by atoms with Gasteiger partial charge in [0, 0.05) is 18.9 Å². The van der Waals surface area contributed by atoms with E-state index in [1.54, 1.807) is 0 Å². The van der Waals surface area contributed by atoms with Gasteiger partial charge in [-0.25, -0.2) is 0 Å². The van der Waals surface area contributed by atoms with E-state index in [-0.39, 0.29) is 24.2 Å². The van der Waals surface area contributed by atoms with E-state index in [1.807, 2.05) is 6.92 Å². The van der Waals surface area contributed by atoms with Crippen LogP contribution in [-0.2, 0) is 9.59 Å². The number of carbonyl (C=O) groups excluding carboxylic acids is 1. The molecular formula is C12H19NO3. The number of aliphatic carboxylic acids is 1. The minimum atomic E-state index is -0.801. The molecule has 0 bridgehead atoms. The number of fused-ring (bicyclic) bond motifs is 1. The van der Waals surface area contributed by atoms with Crippen molar-refractivity contribution in [2.45, 2.75) is 32.6 Å². The van der Waals surface area contributed by atoms with Crippen molar-refractivity contribution < 1.29 is 14.7 Å². The number of amides is 1. The van der Waals surface area contributed by atoms with Crippen molar-refractivity contribution in [3.63, 3.8) is 0 Å². The zero-order chi connectivity index (χ0) is 11.7. The number of rotatable bonds is 5. The van der Waals surface area contributed by atoms with Crippen molar-refractivity contribution >= 4 is 11.9 Å². The summed E-state index contributed by atoms with van der Waals surface area (Å²) in [6.07, 6.45) is 3.80. The largest absolute Gasteiger partial charge is 0.481 e. The molecular weight excluding hydrogens is 206 g/mol. The maximum atomic E-state index is 11.8. The van der Waals surface area contributed by atoms with Gasteiger partial charge < -0.3 is 10.4 Å². The van der Waals surface area contributed by atoms with Crippen LogP contribution in [0.2, 0.25) is 0 Å². The average Bonchev–Trinajstić information content (AvgIpc) is 2.68. The zero-order valence-corrected chi connectivity index (χ0v) is 9.61. The van der Waals surface area contributed by atoms with Crippen LogP contribution in [0.1, 0.15) is 32.6 Å². The summed E-state index contributed by atoms with van der Waals surface area (Å²) in [6, 6.07) is 0. The number of carbonyl (C=O) groups is 2. The van der Waals surface area contributed by atoms with Crippen LogP contribution in [0.25, 0.3) is 0 Å². The fourth-order valence-electron chi connectivity index (χ4n) is 2.97. The molecule has 4 heteroatoms. The highest BCUT2D eigenvalue weighted by Gasteiger charge is 2.56. The molecule has 0 aromatic rings. The summed E-state index contributed by atoms with van der Waals surface area (Å²) in [4.78, 5) is 22.2. The van der Waals surface area contributed by atoms with Crippen molar-refractivity contribution in [1.29, 1.82) is 0 Å². The molecule has 0 spiro atoms. The highest BCUT2D eigenvalue weighted by atomic mass is 16.4. The highest BCUT2D eigenvalue weighted by molar-refractivity contribution is 5.82. The van der Waals surface area contributed by atoms with Gasteiger partial charge in [-0.15, -0.1) is 0 Å². The molecule has 0 heterocycles. The molecule has 2 rings (SSSR count). The van der Waals surface area contributed by atoms with Crippen LogP contribution in [0.5, 0.6) is 0 Å². The molecule has 4 nitrogen and oxygen atoms in total. The Hall–Kier alpha value is -1.06. The SMILES string of the molecule is CC(CNC(=O)C1C2CCCC21)CC(=O)O. The number of nitrogens with one attached hydrogen (secondary N) is 1.